The van der Waals surface area contributed by atoms with E-state index in [9.17, 15) is 4.79 Å². The Hall–Kier alpha value is -1.95. The lowest BCUT2D eigenvalue weighted by Gasteiger charge is -2.20. The molecule has 3 nitrogen and oxygen atoms in total. The molecule has 0 unspecified atom stereocenters. The van der Waals surface area contributed by atoms with E-state index in [-0.39, 0.29) is 0 Å². The van der Waals surface area contributed by atoms with E-state index in [2.05, 4.69) is 11.2 Å². The second-order valence-electron chi connectivity index (χ2n) is 4.27. The number of hydrogen-bond acceptors (Lipinski definition) is 2. The van der Waals surface area contributed by atoms with Crippen molar-refractivity contribution < 1.29 is 9.90 Å². The van der Waals surface area contributed by atoms with Gasteiger partial charge >= 0.3 is 5.97 Å². The van der Waals surface area contributed by atoms with Gasteiger partial charge in [0.2, 0.25) is 0 Å². The molecule has 84 valence electrons. The predicted octanol–water partition coefficient (Wildman–Crippen LogP) is 2.19. The van der Waals surface area contributed by atoms with E-state index in [1.54, 1.807) is 13.8 Å². The smallest absolute Gasteiger partial charge is 0.310 e. The van der Waals surface area contributed by atoms with E-state index in [1.807, 2.05) is 24.3 Å². The highest BCUT2D eigenvalue weighted by molar-refractivity contribution is 5.74. The molecule has 0 aromatic heterocycles. The number of carboxylic acid groups (broad SMARTS) is 1. The number of benzene rings is 1. The molecule has 0 heterocycles. The van der Waals surface area contributed by atoms with Crippen LogP contribution >= 0.6 is 0 Å². The minimum Gasteiger partial charge on any atom is -0.481 e. The summed E-state index contributed by atoms with van der Waals surface area (Å²) in [6.07, 6.45) is 5.28. The van der Waals surface area contributed by atoms with Crippen molar-refractivity contribution in [2.24, 2.45) is 5.41 Å². The average Bonchev–Trinajstić information content (AvgIpc) is 2.26. The summed E-state index contributed by atoms with van der Waals surface area (Å²) in [5, 5.41) is 12.0. The number of anilines is 1. The second kappa shape index (κ2) is 4.71. The highest BCUT2D eigenvalue weighted by atomic mass is 16.4. The Balaban J connectivity index is 2.69. The van der Waals surface area contributed by atoms with Crippen molar-refractivity contribution in [3.8, 4) is 12.3 Å². The van der Waals surface area contributed by atoms with Crippen LogP contribution < -0.4 is 5.32 Å². The van der Waals surface area contributed by atoms with Gasteiger partial charge in [-0.15, -0.1) is 6.42 Å². The Kier molecular flexibility index (Phi) is 3.57. The van der Waals surface area contributed by atoms with Crippen molar-refractivity contribution in [1.82, 2.24) is 0 Å². The number of nitrogens with one attached hydrogen (secondary N) is 1. The lowest BCUT2D eigenvalue weighted by molar-refractivity contribution is -0.146. The molecule has 0 aliphatic heterocycles. The maximum atomic E-state index is 10.9. The van der Waals surface area contributed by atoms with E-state index in [4.69, 9.17) is 11.5 Å². The molecule has 0 fully saturated rings. The SMILES string of the molecule is C#Cc1cccc(NCC(C)(C)C(=O)O)c1. The molecule has 0 radical (unpaired) electrons. The van der Waals surface area contributed by atoms with Gasteiger partial charge in [0.15, 0.2) is 0 Å². The summed E-state index contributed by atoms with van der Waals surface area (Å²) in [6, 6.07) is 7.34. The van der Waals surface area contributed by atoms with Crippen molar-refractivity contribution in [2.75, 3.05) is 11.9 Å². The fourth-order valence-electron chi connectivity index (χ4n) is 1.12. The number of rotatable bonds is 4. The fourth-order valence-corrected chi connectivity index (χ4v) is 1.12. The average molecular weight is 217 g/mol. The van der Waals surface area contributed by atoms with Crippen molar-refractivity contribution in [3.63, 3.8) is 0 Å². The highest BCUT2D eigenvalue weighted by Crippen LogP contribution is 2.17. The van der Waals surface area contributed by atoms with Crippen LogP contribution in [0.15, 0.2) is 24.3 Å². The molecule has 0 atom stereocenters. The Morgan fingerprint density at radius 1 is 1.56 bits per heavy atom. The third kappa shape index (κ3) is 3.03. The van der Waals surface area contributed by atoms with E-state index in [0.717, 1.165) is 11.3 Å². The minimum absolute atomic E-state index is 0.357. The monoisotopic (exact) mass is 217 g/mol. The summed E-state index contributed by atoms with van der Waals surface area (Å²) in [5.41, 5.74) is 0.814. The summed E-state index contributed by atoms with van der Waals surface area (Å²) in [7, 11) is 0. The number of aliphatic carboxylic acids is 1. The van der Waals surface area contributed by atoms with Crippen molar-refractivity contribution in [3.05, 3.63) is 29.8 Å². The zero-order chi connectivity index (χ0) is 12.2. The summed E-state index contributed by atoms with van der Waals surface area (Å²) >= 11 is 0. The summed E-state index contributed by atoms with van der Waals surface area (Å²) in [4.78, 5) is 10.9. The standard InChI is InChI=1S/C13H15NO2/c1-4-10-6-5-7-11(8-10)14-9-13(2,3)12(15)16/h1,5-8,14H,9H2,2-3H3,(H,15,16). The number of hydrogen-bond donors (Lipinski definition) is 2. The van der Waals surface area contributed by atoms with Gasteiger partial charge in [-0.1, -0.05) is 12.0 Å². The van der Waals surface area contributed by atoms with Crippen LogP contribution in [0.25, 0.3) is 0 Å². The largest absolute Gasteiger partial charge is 0.481 e. The molecular formula is C13H15NO2. The van der Waals surface area contributed by atoms with E-state index < -0.39 is 11.4 Å². The van der Waals surface area contributed by atoms with Crippen molar-refractivity contribution in [2.45, 2.75) is 13.8 Å². The normalized spacial score (nSPS) is 10.6. The molecule has 0 amide bonds. The van der Waals surface area contributed by atoms with Crippen LogP contribution in [0.5, 0.6) is 0 Å². The first-order valence-electron chi connectivity index (χ1n) is 4.99. The molecule has 0 saturated carbocycles. The molecule has 0 bridgehead atoms. The lowest BCUT2D eigenvalue weighted by atomic mass is 9.94. The summed E-state index contributed by atoms with van der Waals surface area (Å²) in [5.74, 6) is 1.71. The Bertz CT molecular complexity index is 430. The molecule has 0 aliphatic rings. The van der Waals surface area contributed by atoms with Crippen LogP contribution in [-0.4, -0.2) is 17.6 Å². The molecule has 1 rings (SSSR count). The van der Waals surface area contributed by atoms with Crippen LogP contribution in [0.4, 0.5) is 5.69 Å². The van der Waals surface area contributed by atoms with Gasteiger partial charge in [0, 0.05) is 17.8 Å². The third-order valence-electron chi connectivity index (χ3n) is 2.34. The summed E-state index contributed by atoms with van der Waals surface area (Å²) in [6.45, 7) is 3.71. The highest BCUT2D eigenvalue weighted by Gasteiger charge is 2.26. The van der Waals surface area contributed by atoms with E-state index in [0.29, 0.717) is 6.54 Å². The van der Waals surface area contributed by atoms with Crippen LogP contribution in [0.2, 0.25) is 0 Å². The van der Waals surface area contributed by atoms with Crippen LogP contribution in [0, 0.1) is 17.8 Å². The minimum atomic E-state index is -0.826. The Morgan fingerprint density at radius 3 is 2.81 bits per heavy atom. The van der Waals surface area contributed by atoms with Gasteiger partial charge in [0.1, 0.15) is 0 Å². The van der Waals surface area contributed by atoms with Gasteiger partial charge in [-0.05, 0) is 32.0 Å². The first-order valence-corrected chi connectivity index (χ1v) is 4.99. The molecule has 1 aromatic carbocycles. The zero-order valence-corrected chi connectivity index (χ0v) is 9.45. The van der Waals surface area contributed by atoms with E-state index >= 15 is 0 Å². The van der Waals surface area contributed by atoms with Gasteiger partial charge in [-0.3, -0.25) is 4.79 Å². The third-order valence-corrected chi connectivity index (χ3v) is 2.34. The molecule has 3 heteroatoms. The van der Waals surface area contributed by atoms with E-state index in [1.165, 1.54) is 0 Å². The number of carboxylic acids is 1. The Labute approximate surface area is 95.5 Å². The second-order valence-corrected chi connectivity index (χ2v) is 4.27. The van der Waals surface area contributed by atoms with Gasteiger partial charge in [-0.2, -0.15) is 0 Å². The number of terminal acetylenes is 1. The topological polar surface area (TPSA) is 49.3 Å². The lowest BCUT2D eigenvalue weighted by Crippen LogP contribution is -2.31. The van der Waals surface area contributed by atoms with Gasteiger partial charge in [0.05, 0.1) is 5.41 Å². The van der Waals surface area contributed by atoms with Gasteiger partial charge in [-0.25, -0.2) is 0 Å². The molecule has 2 N–H and O–H groups in total. The number of carbonyl (C=O) groups is 1. The maximum Gasteiger partial charge on any atom is 0.310 e. The fraction of sp³-hybridized carbons (Fsp3) is 0.308. The predicted molar refractivity (Wildman–Crippen MR) is 64.3 cm³/mol. The van der Waals surface area contributed by atoms with Gasteiger partial charge in [0.25, 0.3) is 0 Å². The first-order chi connectivity index (χ1) is 7.45. The van der Waals surface area contributed by atoms with Crippen LogP contribution in [-0.2, 0) is 4.79 Å². The Morgan fingerprint density at radius 2 is 2.25 bits per heavy atom. The van der Waals surface area contributed by atoms with Crippen molar-refractivity contribution in [1.29, 1.82) is 0 Å². The molecular weight excluding hydrogens is 202 g/mol. The summed E-state index contributed by atoms with van der Waals surface area (Å²) < 4.78 is 0. The zero-order valence-electron chi connectivity index (χ0n) is 9.45. The maximum absolute atomic E-state index is 10.9. The van der Waals surface area contributed by atoms with Crippen LogP contribution in [0.1, 0.15) is 19.4 Å². The molecule has 16 heavy (non-hydrogen) atoms. The van der Waals surface area contributed by atoms with Gasteiger partial charge < -0.3 is 10.4 Å². The molecule has 0 saturated heterocycles. The molecule has 0 aliphatic carbocycles. The van der Waals surface area contributed by atoms with Crippen molar-refractivity contribution >= 4 is 11.7 Å². The quantitative estimate of drug-likeness (QED) is 0.760. The molecule has 0 spiro atoms. The molecule has 1 aromatic rings. The van der Waals surface area contributed by atoms with Crippen LogP contribution in [0.3, 0.4) is 0 Å². The first kappa shape index (κ1) is 12.1.